The number of nitrogens with one attached hydrogen (secondary N) is 2. The average Bonchev–Trinajstić information content (AvgIpc) is 2.90. The monoisotopic (exact) mass is 568 g/mol. The highest BCUT2D eigenvalue weighted by atomic mass is 32.2. The molecule has 0 aliphatic carbocycles. The lowest BCUT2D eigenvalue weighted by Crippen LogP contribution is -2.58. The first-order valence-corrected chi connectivity index (χ1v) is 13.8. The zero-order chi connectivity index (χ0) is 28.6. The quantitative estimate of drug-likeness (QED) is 0.344. The normalized spacial score (nSPS) is 24.4. The first-order valence-electron chi connectivity index (χ1n) is 12.9. The van der Waals surface area contributed by atoms with E-state index >= 15 is 0 Å². The van der Waals surface area contributed by atoms with E-state index in [9.17, 15) is 19.2 Å². The van der Waals surface area contributed by atoms with Crippen molar-refractivity contribution in [3.05, 3.63) is 83.1 Å². The second-order valence-electron chi connectivity index (χ2n) is 9.41. The van der Waals surface area contributed by atoms with Gasteiger partial charge in [0.05, 0.1) is 6.61 Å². The van der Waals surface area contributed by atoms with Crippen LogP contribution in [0.4, 0.5) is 0 Å². The molecule has 1 unspecified atom stereocenters. The molecule has 212 valence electrons. The molecule has 1 amide bonds. The van der Waals surface area contributed by atoms with Gasteiger partial charge >= 0.3 is 17.9 Å². The first kappa shape index (κ1) is 29.2. The van der Waals surface area contributed by atoms with Crippen LogP contribution in [0, 0.1) is 0 Å². The Morgan fingerprint density at radius 2 is 1.35 bits per heavy atom. The number of thioether (sulfide) groups is 1. The van der Waals surface area contributed by atoms with Gasteiger partial charge in [0.25, 0.3) is 5.91 Å². The van der Waals surface area contributed by atoms with E-state index in [0.29, 0.717) is 18.4 Å². The lowest BCUT2D eigenvalue weighted by atomic mass is 9.98. The van der Waals surface area contributed by atoms with Crippen molar-refractivity contribution in [1.29, 1.82) is 0 Å². The lowest BCUT2D eigenvalue weighted by molar-refractivity contribution is -0.213. The molecule has 4 rings (SSSR count). The topological polar surface area (TPSA) is 129 Å². The predicted molar refractivity (Wildman–Crippen MR) is 146 cm³/mol. The molecule has 1 fully saturated rings. The number of carbonyl (C=O) groups is 4. The van der Waals surface area contributed by atoms with Crippen LogP contribution in [0.2, 0.25) is 0 Å². The van der Waals surface area contributed by atoms with Crippen molar-refractivity contribution in [3.8, 4) is 0 Å². The third kappa shape index (κ3) is 7.86. The van der Waals surface area contributed by atoms with Crippen LogP contribution in [0.3, 0.4) is 0 Å². The molecule has 2 N–H and O–H groups in total. The van der Waals surface area contributed by atoms with Crippen LogP contribution in [0.15, 0.2) is 71.9 Å². The van der Waals surface area contributed by atoms with Gasteiger partial charge in [0.1, 0.15) is 5.44 Å². The minimum Gasteiger partial charge on any atom is -0.456 e. The van der Waals surface area contributed by atoms with Crippen LogP contribution in [-0.4, -0.2) is 59.7 Å². The second kappa shape index (κ2) is 13.5. The fourth-order valence-electron chi connectivity index (χ4n) is 4.60. The molecule has 0 spiro atoms. The smallest absolute Gasteiger partial charge is 0.303 e. The molecule has 2 heterocycles. The van der Waals surface area contributed by atoms with Gasteiger partial charge in [0, 0.05) is 44.9 Å². The number of benzene rings is 2. The number of ether oxygens (including phenoxy) is 4. The standard InChI is InChI=1S/C29H32N2O8S/c1-17(32)37-24-16-36-28(26(39-19(3)34)25(24)38-18(2)33)40-29-30-23(15-21-12-8-5-9-13-21)22(27(35)31-29)14-20-10-6-4-7-11-20/h4-13,24-26,28-30H,14-16H2,1-3H3,(H,31,35)/t24-,25+,26-,28+,29?/m1/s1. The van der Waals surface area contributed by atoms with Crippen molar-refractivity contribution < 1.29 is 38.1 Å². The maximum atomic E-state index is 13.4. The fourth-order valence-corrected chi connectivity index (χ4v) is 5.77. The summed E-state index contributed by atoms with van der Waals surface area (Å²) in [4.78, 5) is 49.0. The number of rotatable bonds is 9. The Labute approximate surface area is 236 Å². The molecule has 40 heavy (non-hydrogen) atoms. The summed E-state index contributed by atoms with van der Waals surface area (Å²) in [6.07, 6.45) is -2.23. The molecule has 11 heteroatoms. The van der Waals surface area contributed by atoms with Gasteiger partial charge in [-0.25, -0.2) is 0 Å². The van der Waals surface area contributed by atoms with E-state index < -0.39 is 47.2 Å². The lowest BCUT2D eigenvalue weighted by Gasteiger charge is -2.41. The second-order valence-corrected chi connectivity index (χ2v) is 10.6. The summed E-state index contributed by atoms with van der Waals surface area (Å²) in [6.45, 7) is 3.56. The van der Waals surface area contributed by atoms with Gasteiger partial charge in [0.15, 0.2) is 23.8 Å². The van der Waals surface area contributed by atoms with Gasteiger partial charge < -0.3 is 29.6 Å². The molecule has 10 nitrogen and oxygen atoms in total. The number of hydrogen-bond donors (Lipinski definition) is 2. The van der Waals surface area contributed by atoms with Crippen LogP contribution in [-0.2, 0) is 51.0 Å². The van der Waals surface area contributed by atoms with E-state index in [4.69, 9.17) is 18.9 Å². The Hall–Kier alpha value is -3.83. The summed E-state index contributed by atoms with van der Waals surface area (Å²) in [5.74, 6) is -2.09. The SMILES string of the molecule is CC(=O)O[C@@H]1[C@@H](OC(C)=O)[C@H](SC2NC(=O)C(Cc3ccccc3)=C(Cc3ccccc3)N2)OC[C@H]1OC(C)=O. The first-order chi connectivity index (χ1) is 19.2. The summed E-state index contributed by atoms with van der Waals surface area (Å²) in [6, 6.07) is 19.5. The predicted octanol–water partition coefficient (Wildman–Crippen LogP) is 2.61. The Morgan fingerprint density at radius 3 is 1.93 bits per heavy atom. The van der Waals surface area contributed by atoms with Crippen LogP contribution < -0.4 is 10.6 Å². The Bertz CT molecular complexity index is 1250. The Balaban J connectivity index is 1.59. The maximum absolute atomic E-state index is 13.4. The van der Waals surface area contributed by atoms with Gasteiger partial charge in [-0.2, -0.15) is 0 Å². The molecule has 0 radical (unpaired) electrons. The number of carbonyl (C=O) groups excluding carboxylic acids is 4. The summed E-state index contributed by atoms with van der Waals surface area (Å²) < 4.78 is 22.2. The number of hydrogen-bond acceptors (Lipinski definition) is 10. The highest BCUT2D eigenvalue weighted by molar-refractivity contribution is 8.00. The van der Waals surface area contributed by atoms with E-state index in [1.807, 2.05) is 60.7 Å². The molecule has 0 saturated carbocycles. The Kier molecular flexibility index (Phi) is 9.84. The molecule has 0 bridgehead atoms. The molecule has 2 aliphatic heterocycles. The van der Waals surface area contributed by atoms with Crippen molar-refractivity contribution >= 4 is 35.6 Å². The van der Waals surface area contributed by atoms with Crippen LogP contribution >= 0.6 is 11.8 Å². The summed E-state index contributed by atoms with van der Waals surface area (Å²) >= 11 is 1.16. The largest absolute Gasteiger partial charge is 0.456 e. The zero-order valence-electron chi connectivity index (χ0n) is 22.5. The molecule has 2 aromatic carbocycles. The molecule has 2 aliphatic rings. The third-order valence-corrected chi connectivity index (χ3v) is 7.41. The van der Waals surface area contributed by atoms with Crippen molar-refractivity contribution in [2.75, 3.05) is 6.61 Å². The summed E-state index contributed by atoms with van der Waals surface area (Å²) in [5.41, 5.74) is 1.88. The molecular formula is C29H32N2O8S. The molecule has 1 saturated heterocycles. The maximum Gasteiger partial charge on any atom is 0.303 e. The average molecular weight is 569 g/mol. The minimum atomic E-state index is -1.10. The number of amides is 1. The highest BCUT2D eigenvalue weighted by Gasteiger charge is 2.48. The zero-order valence-corrected chi connectivity index (χ0v) is 23.3. The minimum absolute atomic E-state index is 0.0976. The molecule has 2 aromatic rings. The van der Waals surface area contributed by atoms with Gasteiger partial charge in [-0.15, -0.1) is 0 Å². The fraction of sp³-hybridized carbons (Fsp3) is 0.379. The number of esters is 3. The van der Waals surface area contributed by atoms with E-state index in [-0.39, 0.29) is 12.5 Å². The van der Waals surface area contributed by atoms with Gasteiger partial charge in [0.2, 0.25) is 0 Å². The summed E-state index contributed by atoms with van der Waals surface area (Å²) in [5, 5.41) is 6.38. The third-order valence-electron chi connectivity index (χ3n) is 6.23. The van der Waals surface area contributed by atoms with Crippen LogP contribution in [0.1, 0.15) is 31.9 Å². The van der Waals surface area contributed by atoms with Crippen molar-refractivity contribution in [1.82, 2.24) is 10.6 Å². The van der Waals surface area contributed by atoms with Crippen LogP contribution in [0.25, 0.3) is 0 Å². The van der Waals surface area contributed by atoms with Crippen molar-refractivity contribution in [2.45, 2.75) is 62.9 Å². The van der Waals surface area contributed by atoms with E-state index in [1.54, 1.807) is 0 Å². The highest BCUT2D eigenvalue weighted by Crippen LogP contribution is 2.33. The Morgan fingerprint density at radius 1 is 0.800 bits per heavy atom. The van der Waals surface area contributed by atoms with E-state index in [2.05, 4.69) is 10.6 Å². The van der Waals surface area contributed by atoms with Crippen molar-refractivity contribution in [2.24, 2.45) is 0 Å². The van der Waals surface area contributed by atoms with Gasteiger partial charge in [-0.3, -0.25) is 19.2 Å². The molecule has 0 aromatic heterocycles. The molecular weight excluding hydrogens is 536 g/mol. The van der Waals surface area contributed by atoms with Crippen molar-refractivity contribution in [3.63, 3.8) is 0 Å². The van der Waals surface area contributed by atoms with Crippen LogP contribution in [0.5, 0.6) is 0 Å². The van der Waals surface area contributed by atoms with Gasteiger partial charge in [-0.05, 0) is 11.1 Å². The van der Waals surface area contributed by atoms with E-state index in [0.717, 1.165) is 28.6 Å². The van der Waals surface area contributed by atoms with Gasteiger partial charge in [-0.1, -0.05) is 72.4 Å². The van der Waals surface area contributed by atoms with E-state index in [1.165, 1.54) is 20.8 Å². The number of allylic oxidation sites excluding steroid dienone is 1. The molecule has 5 atom stereocenters. The summed E-state index contributed by atoms with van der Waals surface area (Å²) in [7, 11) is 0.